The van der Waals surface area contributed by atoms with Crippen molar-refractivity contribution in [2.75, 3.05) is 0 Å². The molecule has 3 aromatic rings. The third-order valence-corrected chi connectivity index (χ3v) is 7.17. The topological polar surface area (TPSA) is 29.5 Å². The van der Waals surface area contributed by atoms with Crippen LogP contribution in [0.4, 0.5) is 0 Å². The molecule has 4 rings (SSSR count). The lowest BCUT2D eigenvalue weighted by Gasteiger charge is -2.44. The molecule has 0 aromatic heterocycles. The number of benzene rings is 3. The molecular weight excluding hydrogens is 416 g/mol. The van der Waals surface area contributed by atoms with Gasteiger partial charge in [-0.1, -0.05) is 118 Å². The third-order valence-electron chi connectivity index (χ3n) is 7.17. The monoisotopic (exact) mass is 452 g/mol. The Bertz CT molecular complexity index is 1080. The van der Waals surface area contributed by atoms with E-state index in [0.717, 1.165) is 29.5 Å². The highest BCUT2D eigenvalue weighted by atomic mass is 16.5. The Hall–Kier alpha value is -2.86. The summed E-state index contributed by atoms with van der Waals surface area (Å²) < 4.78 is 7.12. The van der Waals surface area contributed by atoms with Crippen molar-refractivity contribution in [3.8, 4) is 11.8 Å². The van der Waals surface area contributed by atoms with E-state index in [9.17, 15) is 5.11 Å². The van der Waals surface area contributed by atoms with Crippen LogP contribution in [-0.4, -0.2) is 11.2 Å². The van der Waals surface area contributed by atoms with E-state index in [1.54, 1.807) is 0 Å². The lowest BCUT2D eigenvalue weighted by Crippen LogP contribution is -2.44. The quantitative estimate of drug-likeness (QED) is 0.403. The van der Waals surface area contributed by atoms with Gasteiger partial charge in [0.2, 0.25) is 0 Å². The second kappa shape index (κ2) is 11.0. The average molecular weight is 453 g/mol. The first-order valence-corrected chi connectivity index (χ1v) is 12.5. The second-order valence-corrected chi connectivity index (χ2v) is 10.0. The van der Waals surface area contributed by atoms with Crippen molar-refractivity contribution < 1.29 is 9.84 Å². The summed E-state index contributed by atoms with van der Waals surface area (Å²) in [6.45, 7) is 6.87. The van der Waals surface area contributed by atoms with Gasteiger partial charge in [0.25, 0.3) is 0 Å². The van der Waals surface area contributed by atoms with Gasteiger partial charge in [0.1, 0.15) is 6.10 Å². The van der Waals surface area contributed by atoms with Gasteiger partial charge in [-0.3, -0.25) is 0 Å². The first-order valence-electron chi connectivity index (χ1n) is 12.5. The molecule has 0 radical (unpaired) electrons. The van der Waals surface area contributed by atoms with E-state index >= 15 is 0 Å². The molecule has 5 atom stereocenters. The van der Waals surface area contributed by atoms with Crippen LogP contribution in [0.15, 0.2) is 91.0 Å². The van der Waals surface area contributed by atoms with Crippen molar-refractivity contribution >= 4 is 0 Å². The van der Waals surface area contributed by atoms with E-state index in [-0.39, 0.29) is 6.10 Å². The van der Waals surface area contributed by atoms with Gasteiger partial charge >= 0.3 is 0 Å². The molecule has 0 amide bonds. The Balaban J connectivity index is 1.87. The fraction of sp³-hybridized carbons (Fsp3) is 0.375. The zero-order valence-corrected chi connectivity index (χ0v) is 20.5. The molecule has 2 nitrogen and oxygen atoms in total. The standard InChI is InChI=1S/C32H36O2/c1-24(2)29-20-19-25(3)23-30(29)34-32(28-17-11-6-12-18-28,22-21-26-13-7-4-8-14-26)31(33)27-15-9-5-10-16-27/h4-18,24-25,29-31,33H,19-20,23H2,1-3H3/t25-,29+,30-,31?,32?/m1/s1. The molecule has 1 saturated carbocycles. The van der Waals surface area contributed by atoms with Gasteiger partial charge in [0, 0.05) is 5.56 Å². The number of aliphatic hydroxyl groups excluding tert-OH is 1. The summed E-state index contributed by atoms with van der Waals surface area (Å²) in [7, 11) is 0. The lowest BCUT2D eigenvalue weighted by molar-refractivity contribution is -0.163. The van der Waals surface area contributed by atoms with Crippen molar-refractivity contribution in [2.45, 2.75) is 57.8 Å². The van der Waals surface area contributed by atoms with Gasteiger partial charge in [-0.15, -0.1) is 0 Å². The molecule has 0 heterocycles. The molecule has 2 unspecified atom stereocenters. The zero-order valence-electron chi connectivity index (χ0n) is 20.5. The Kier molecular flexibility index (Phi) is 7.88. The number of aliphatic hydroxyl groups is 1. The predicted molar refractivity (Wildman–Crippen MR) is 139 cm³/mol. The maximum atomic E-state index is 12.0. The minimum Gasteiger partial charge on any atom is -0.384 e. The van der Waals surface area contributed by atoms with Crippen LogP contribution in [0, 0.1) is 29.6 Å². The Morgan fingerprint density at radius 3 is 2.06 bits per heavy atom. The van der Waals surface area contributed by atoms with Crippen LogP contribution in [0.25, 0.3) is 0 Å². The highest BCUT2D eigenvalue weighted by Crippen LogP contribution is 2.44. The van der Waals surface area contributed by atoms with Crippen LogP contribution in [0.1, 0.15) is 62.8 Å². The minimum atomic E-state index is -1.19. The summed E-state index contributed by atoms with van der Waals surface area (Å²) in [6.07, 6.45) is 2.43. The largest absolute Gasteiger partial charge is 0.384 e. The zero-order chi connectivity index (χ0) is 24.0. The first kappa shape index (κ1) is 24.3. The van der Waals surface area contributed by atoms with Crippen LogP contribution < -0.4 is 0 Å². The molecule has 176 valence electrons. The maximum absolute atomic E-state index is 12.0. The van der Waals surface area contributed by atoms with Crippen molar-refractivity contribution in [2.24, 2.45) is 17.8 Å². The first-order chi connectivity index (χ1) is 16.5. The maximum Gasteiger partial charge on any atom is 0.184 e. The van der Waals surface area contributed by atoms with E-state index in [0.29, 0.717) is 17.8 Å². The Morgan fingerprint density at radius 1 is 0.853 bits per heavy atom. The molecule has 1 aliphatic rings. The number of ether oxygens (including phenoxy) is 1. The second-order valence-electron chi connectivity index (χ2n) is 10.0. The molecule has 3 aromatic carbocycles. The van der Waals surface area contributed by atoms with Crippen molar-refractivity contribution in [3.05, 3.63) is 108 Å². The van der Waals surface area contributed by atoms with E-state index in [1.165, 1.54) is 6.42 Å². The van der Waals surface area contributed by atoms with Crippen molar-refractivity contribution in [1.29, 1.82) is 0 Å². The molecule has 1 fully saturated rings. The van der Waals surface area contributed by atoms with Crippen molar-refractivity contribution in [1.82, 2.24) is 0 Å². The molecule has 0 saturated heterocycles. The van der Waals surface area contributed by atoms with Crippen molar-refractivity contribution in [3.63, 3.8) is 0 Å². The lowest BCUT2D eigenvalue weighted by atomic mass is 9.74. The van der Waals surface area contributed by atoms with Gasteiger partial charge in [-0.2, -0.15) is 0 Å². The molecule has 1 aliphatic carbocycles. The van der Waals surface area contributed by atoms with E-state index in [1.807, 2.05) is 91.0 Å². The summed E-state index contributed by atoms with van der Waals surface area (Å²) in [5, 5.41) is 12.0. The number of hydrogen-bond acceptors (Lipinski definition) is 2. The van der Waals surface area contributed by atoms with Crippen LogP contribution in [-0.2, 0) is 10.3 Å². The molecule has 0 bridgehead atoms. The van der Waals surface area contributed by atoms with E-state index in [4.69, 9.17) is 4.74 Å². The number of hydrogen-bond donors (Lipinski definition) is 1. The third kappa shape index (κ3) is 5.44. The average Bonchev–Trinajstić information content (AvgIpc) is 2.87. The van der Waals surface area contributed by atoms with Crippen LogP contribution in [0.3, 0.4) is 0 Å². The summed E-state index contributed by atoms with van der Waals surface area (Å²) >= 11 is 0. The Morgan fingerprint density at radius 2 is 1.44 bits per heavy atom. The summed E-state index contributed by atoms with van der Waals surface area (Å²) in [4.78, 5) is 0. The fourth-order valence-corrected chi connectivity index (χ4v) is 5.19. The minimum absolute atomic E-state index is 0.0207. The molecule has 0 aliphatic heterocycles. The summed E-state index contributed by atoms with van der Waals surface area (Å²) in [5.74, 6) is 8.33. The van der Waals surface area contributed by atoms with Gasteiger partial charge in [-0.05, 0) is 53.9 Å². The molecule has 1 N–H and O–H groups in total. The van der Waals surface area contributed by atoms with Crippen LogP contribution >= 0.6 is 0 Å². The fourth-order valence-electron chi connectivity index (χ4n) is 5.19. The van der Waals surface area contributed by atoms with Crippen LogP contribution in [0.2, 0.25) is 0 Å². The van der Waals surface area contributed by atoms with E-state index in [2.05, 4.69) is 32.6 Å². The Labute approximate surface area is 205 Å². The van der Waals surface area contributed by atoms with Gasteiger partial charge in [0.15, 0.2) is 5.60 Å². The van der Waals surface area contributed by atoms with Gasteiger partial charge in [0.05, 0.1) is 6.10 Å². The van der Waals surface area contributed by atoms with Gasteiger partial charge < -0.3 is 9.84 Å². The van der Waals surface area contributed by atoms with Gasteiger partial charge in [-0.25, -0.2) is 0 Å². The molecule has 2 heteroatoms. The highest BCUT2D eigenvalue weighted by Gasteiger charge is 2.45. The predicted octanol–water partition coefficient (Wildman–Crippen LogP) is 7.14. The number of rotatable bonds is 6. The molecular formula is C32H36O2. The SMILES string of the molecule is CC(C)[C@@H]1CC[C@@H](C)C[C@H]1OC(C#Cc1ccccc1)(c1ccccc1)C(O)c1ccccc1. The summed E-state index contributed by atoms with van der Waals surface area (Å²) in [5.41, 5.74) is 1.41. The highest BCUT2D eigenvalue weighted by molar-refractivity contribution is 5.43. The van der Waals surface area contributed by atoms with E-state index < -0.39 is 11.7 Å². The molecule has 34 heavy (non-hydrogen) atoms. The normalized spacial score (nSPS) is 22.9. The summed E-state index contributed by atoms with van der Waals surface area (Å²) in [6, 6.07) is 29.8. The van der Waals surface area contributed by atoms with Crippen LogP contribution in [0.5, 0.6) is 0 Å². The molecule has 0 spiro atoms. The smallest absolute Gasteiger partial charge is 0.184 e.